The second-order valence-electron chi connectivity index (χ2n) is 7.75. The average Bonchev–Trinajstić information content (AvgIpc) is 2.79. The lowest BCUT2D eigenvalue weighted by Crippen LogP contribution is -2.40. The molecule has 4 rings (SSSR count). The zero-order valence-corrected chi connectivity index (χ0v) is 13.2. The molecule has 3 aliphatic carbocycles. The Kier molecular flexibility index (Phi) is 3.37. The van der Waals surface area contributed by atoms with Gasteiger partial charge < -0.3 is 5.11 Å². The first-order chi connectivity index (χ1) is 10.2. The van der Waals surface area contributed by atoms with Gasteiger partial charge in [-0.3, -0.25) is 0 Å². The number of fused-ring (bicyclic) bond motifs is 3. The summed E-state index contributed by atoms with van der Waals surface area (Å²) in [6.07, 6.45) is 10.6. The van der Waals surface area contributed by atoms with E-state index in [-0.39, 0.29) is 0 Å². The number of benzene rings is 1. The maximum absolute atomic E-state index is 11.9. The summed E-state index contributed by atoms with van der Waals surface area (Å²) in [4.78, 5) is 0. The second-order valence-corrected chi connectivity index (χ2v) is 7.75. The fourth-order valence-electron chi connectivity index (χ4n) is 6.13. The van der Waals surface area contributed by atoms with Gasteiger partial charge in [-0.05, 0) is 67.4 Å². The predicted octanol–water partition coefficient (Wildman–Crippen LogP) is 4.81. The summed E-state index contributed by atoms with van der Waals surface area (Å²) in [6, 6.07) is 8.61. The monoisotopic (exact) mass is 284 g/mol. The van der Waals surface area contributed by atoms with Crippen molar-refractivity contribution in [1.29, 1.82) is 0 Å². The number of hydrogen-bond acceptors (Lipinski definition) is 1. The summed E-state index contributed by atoms with van der Waals surface area (Å²) in [5.74, 6) is 2.60. The smallest absolute Gasteiger partial charge is 0.0960 e. The van der Waals surface area contributed by atoms with Crippen LogP contribution in [0.4, 0.5) is 0 Å². The summed E-state index contributed by atoms with van der Waals surface area (Å²) in [5, 5.41) is 11.9. The van der Waals surface area contributed by atoms with Gasteiger partial charge in [-0.1, -0.05) is 49.9 Å². The second kappa shape index (κ2) is 5.12. The lowest BCUT2D eigenvalue weighted by atomic mass is 9.70. The van der Waals surface area contributed by atoms with E-state index in [0.717, 1.165) is 11.8 Å². The molecular weight excluding hydrogens is 256 g/mol. The molecule has 3 saturated carbocycles. The highest BCUT2D eigenvalue weighted by Crippen LogP contribution is 2.63. The third-order valence-corrected chi connectivity index (χ3v) is 6.90. The quantitative estimate of drug-likeness (QED) is 0.784. The van der Waals surface area contributed by atoms with Crippen molar-refractivity contribution >= 4 is 0 Å². The van der Waals surface area contributed by atoms with Crippen LogP contribution in [0.25, 0.3) is 0 Å². The van der Waals surface area contributed by atoms with E-state index in [1.165, 1.54) is 62.5 Å². The first-order valence-corrected chi connectivity index (χ1v) is 9.01. The highest BCUT2D eigenvalue weighted by molar-refractivity contribution is 5.35. The Morgan fingerprint density at radius 1 is 0.857 bits per heavy atom. The van der Waals surface area contributed by atoms with Crippen molar-refractivity contribution in [2.24, 2.45) is 23.7 Å². The lowest BCUT2D eigenvalue weighted by molar-refractivity contribution is -0.0655. The molecule has 0 radical (unpaired) electrons. The molecule has 1 unspecified atom stereocenters. The Labute approximate surface area is 128 Å². The molecule has 1 nitrogen and oxygen atoms in total. The van der Waals surface area contributed by atoms with Gasteiger partial charge in [-0.15, -0.1) is 0 Å². The largest absolute Gasteiger partial charge is 0.385 e. The molecule has 0 heterocycles. The molecule has 21 heavy (non-hydrogen) atoms. The lowest BCUT2D eigenvalue weighted by Gasteiger charge is -2.40. The van der Waals surface area contributed by atoms with Gasteiger partial charge in [0.2, 0.25) is 0 Å². The Morgan fingerprint density at radius 3 is 1.95 bits per heavy atom. The Hall–Kier alpha value is -0.820. The van der Waals surface area contributed by atoms with Crippen molar-refractivity contribution in [3.8, 4) is 0 Å². The fraction of sp³-hybridized carbons (Fsp3) is 0.700. The van der Waals surface area contributed by atoms with Gasteiger partial charge in [0.05, 0.1) is 5.60 Å². The Bertz CT molecular complexity index is 498. The molecule has 0 bridgehead atoms. The summed E-state index contributed by atoms with van der Waals surface area (Å²) >= 11 is 0. The van der Waals surface area contributed by atoms with E-state index in [2.05, 4.69) is 31.2 Å². The van der Waals surface area contributed by atoms with Gasteiger partial charge in [0.1, 0.15) is 0 Å². The number of aryl methyl sites for hydroxylation is 1. The van der Waals surface area contributed by atoms with Crippen LogP contribution in [0, 0.1) is 30.6 Å². The van der Waals surface area contributed by atoms with E-state index in [1.807, 2.05) is 0 Å². The molecule has 3 aliphatic rings. The van der Waals surface area contributed by atoms with E-state index >= 15 is 0 Å². The normalized spacial score (nSPS) is 42.4. The highest BCUT2D eigenvalue weighted by Gasteiger charge is 2.60. The van der Waals surface area contributed by atoms with Crippen LogP contribution < -0.4 is 0 Å². The summed E-state index contributed by atoms with van der Waals surface area (Å²) < 4.78 is 0. The van der Waals surface area contributed by atoms with Crippen molar-refractivity contribution in [2.45, 2.75) is 63.9 Å². The van der Waals surface area contributed by atoms with Crippen LogP contribution in [0.5, 0.6) is 0 Å². The van der Waals surface area contributed by atoms with Gasteiger partial charge in [0.25, 0.3) is 0 Å². The van der Waals surface area contributed by atoms with Crippen LogP contribution in [-0.2, 0) is 5.60 Å². The summed E-state index contributed by atoms with van der Waals surface area (Å²) in [7, 11) is 0. The van der Waals surface area contributed by atoms with Crippen molar-refractivity contribution in [2.75, 3.05) is 0 Å². The van der Waals surface area contributed by atoms with E-state index in [0.29, 0.717) is 11.8 Å². The topological polar surface area (TPSA) is 20.2 Å². The fourth-order valence-corrected chi connectivity index (χ4v) is 6.13. The van der Waals surface area contributed by atoms with Crippen LogP contribution in [0.15, 0.2) is 24.3 Å². The molecule has 1 aromatic carbocycles. The van der Waals surface area contributed by atoms with Gasteiger partial charge in [0, 0.05) is 0 Å². The number of rotatable bonds is 1. The van der Waals surface area contributed by atoms with Crippen LogP contribution in [-0.4, -0.2) is 5.11 Å². The minimum atomic E-state index is -0.540. The third-order valence-electron chi connectivity index (χ3n) is 6.90. The summed E-state index contributed by atoms with van der Waals surface area (Å²) in [5.41, 5.74) is 1.99. The van der Waals surface area contributed by atoms with Gasteiger partial charge in [-0.2, -0.15) is 0 Å². The Balaban J connectivity index is 1.82. The Morgan fingerprint density at radius 2 is 1.38 bits per heavy atom. The molecule has 0 aromatic heterocycles. The predicted molar refractivity (Wildman–Crippen MR) is 86.0 cm³/mol. The van der Waals surface area contributed by atoms with Crippen molar-refractivity contribution in [3.63, 3.8) is 0 Å². The van der Waals surface area contributed by atoms with E-state index in [9.17, 15) is 5.11 Å². The molecule has 0 aliphatic heterocycles. The summed E-state index contributed by atoms with van der Waals surface area (Å²) in [6.45, 7) is 2.18. The molecule has 0 amide bonds. The van der Waals surface area contributed by atoms with Gasteiger partial charge >= 0.3 is 0 Å². The molecule has 1 N–H and O–H groups in total. The maximum Gasteiger partial charge on any atom is 0.0960 e. The standard InChI is InChI=1S/C20H28O/c1-14-8-2-5-11-17(14)20(21)18-12-6-3-9-15(18)16-10-4-7-13-19(16)20/h2,5,8,11,15-16,18-19,21H,3-4,6-7,9-10,12-13H2,1H3/t15-,16+,18-,19-,20?/m0/s1. The van der Waals surface area contributed by atoms with Gasteiger partial charge in [0.15, 0.2) is 0 Å². The van der Waals surface area contributed by atoms with Crippen molar-refractivity contribution in [3.05, 3.63) is 35.4 Å². The molecule has 5 atom stereocenters. The molecule has 0 saturated heterocycles. The van der Waals surface area contributed by atoms with Crippen LogP contribution in [0.1, 0.15) is 62.5 Å². The van der Waals surface area contributed by atoms with Crippen LogP contribution >= 0.6 is 0 Å². The minimum absolute atomic E-state index is 0.514. The first kappa shape index (κ1) is 13.8. The molecule has 0 spiro atoms. The molecule has 114 valence electrons. The minimum Gasteiger partial charge on any atom is -0.385 e. The molecule has 1 heteroatoms. The van der Waals surface area contributed by atoms with E-state index in [4.69, 9.17) is 0 Å². The number of aliphatic hydroxyl groups is 1. The van der Waals surface area contributed by atoms with Crippen LogP contribution in [0.3, 0.4) is 0 Å². The molecule has 1 aromatic rings. The average molecular weight is 284 g/mol. The van der Waals surface area contributed by atoms with Gasteiger partial charge in [-0.25, -0.2) is 0 Å². The van der Waals surface area contributed by atoms with E-state index in [1.54, 1.807) is 0 Å². The van der Waals surface area contributed by atoms with Crippen molar-refractivity contribution in [1.82, 2.24) is 0 Å². The first-order valence-electron chi connectivity index (χ1n) is 9.01. The SMILES string of the molecule is Cc1ccccc1C1(O)[C@H]2CCCC[C@@H]2[C@@H]2CCCC[C@@H]21. The zero-order chi connectivity index (χ0) is 14.4. The maximum atomic E-state index is 11.9. The highest BCUT2D eigenvalue weighted by atomic mass is 16.3. The molecular formula is C20H28O. The van der Waals surface area contributed by atoms with Crippen LogP contribution in [0.2, 0.25) is 0 Å². The zero-order valence-electron chi connectivity index (χ0n) is 13.2. The van der Waals surface area contributed by atoms with Crippen molar-refractivity contribution < 1.29 is 5.11 Å². The number of hydrogen-bond donors (Lipinski definition) is 1. The molecule has 3 fully saturated rings. The third kappa shape index (κ3) is 1.93. The van der Waals surface area contributed by atoms with E-state index < -0.39 is 5.60 Å².